The summed E-state index contributed by atoms with van der Waals surface area (Å²) in [5.74, 6) is 0.933. The lowest BCUT2D eigenvalue weighted by Gasteiger charge is -2.28. The summed E-state index contributed by atoms with van der Waals surface area (Å²) in [7, 11) is 1.09. The minimum absolute atomic E-state index is 0.933. The van der Waals surface area contributed by atoms with E-state index in [1.807, 2.05) is 0 Å². The molecular weight excluding hydrogens is 272 g/mol. The normalized spacial score (nSPS) is 18.1. The molecule has 0 amide bonds. The molecule has 1 fully saturated rings. The van der Waals surface area contributed by atoms with E-state index in [2.05, 4.69) is 61.2 Å². The van der Waals surface area contributed by atoms with Crippen molar-refractivity contribution in [3.8, 4) is 0 Å². The number of piperidine rings is 1. The highest BCUT2D eigenvalue weighted by Gasteiger charge is 2.16. The average molecular weight is 305 g/mol. The standard InChI is InChI=1S/C18H32N2Si/c1-20-13-10-16(11-14-20)9-12-19-15-17-5-7-18(8-6-17)21(2,3)4/h5-8,16,19H,9-15H2,1-4H3. The third kappa shape index (κ3) is 5.57. The molecule has 0 bridgehead atoms. The minimum atomic E-state index is -1.15. The van der Waals surface area contributed by atoms with Gasteiger partial charge in [-0.05, 0) is 57.4 Å². The summed E-state index contributed by atoms with van der Waals surface area (Å²) >= 11 is 0. The van der Waals surface area contributed by atoms with Gasteiger partial charge in [0, 0.05) is 6.54 Å². The van der Waals surface area contributed by atoms with Gasteiger partial charge in [-0.25, -0.2) is 0 Å². The Bertz CT molecular complexity index is 414. The molecule has 0 aliphatic carbocycles. The molecule has 21 heavy (non-hydrogen) atoms. The third-order valence-corrected chi connectivity index (χ3v) is 6.78. The van der Waals surface area contributed by atoms with Crippen molar-refractivity contribution in [1.82, 2.24) is 10.2 Å². The lowest BCUT2D eigenvalue weighted by atomic mass is 9.94. The summed E-state index contributed by atoms with van der Waals surface area (Å²) in [4.78, 5) is 2.45. The van der Waals surface area contributed by atoms with Gasteiger partial charge in [-0.2, -0.15) is 0 Å². The van der Waals surface area contributed by atoms with Crippen LogP contribution in [0, 0.1) is 5.92 Å². The average Bonchev–Trinajstić information content (AvgIpc) is 2.45. The molecule has 0 aromatic heterocycles. The first-order valence-corrected chi connectivity index (χ1v) is 11.9. The highest BCUT2D eigenvalue weighted by atomic mass is 28.3. The van der Waals surface area contributed by atoms with E-state index in [-0.39, 0.29) is 0 Å². The zero-order chi connectivity index (χ0) is 15.3. The fourth-order valence-corrected chi connectivity index (χ4v) is 4.18. The lowest BCUT2D eigenvalue weighted by Crippen LogP contribution is -2.37. The van der Waals surface area contributed by atoms with E-state index < -0.39 is 8.07 Å². The Labute approximate surface area is 131 Å². The predicted molar refractivity (Wildman–Crippen MR) is 96.0 cm³/mol. The molecule has 118 valence electrons. The van der Waals surface area contributed by atoms with Crippen LogP contribution < -0.4 is 10.5 Å². The van der Waals surface area contributed by atoms with Crippen molar-refractivity contribution in [3.05, 3.63) is 29.8 Å². The molecule has 3 heteroatoms. The van der Waals surface area contributed by atoms with Gasteiger partial charge in [0.25, 0.3) is 0 Å². The van der Waals surface area contributed by atoms with Crippen LogP contribution in [0.15, 0.2) is 24.3 Å². The van der Waals surface area contributed by atoms with Gasteiger partial charge >= 0.3 is 0 Å². The van der Waals surface area contributed by atoms with Gasteiger partial charge in [0.1, 0.15) is 0 Å². The van der Waals surface area contributed by atoms with Crippen molar-refractivity contribution in [1.29, 1.82) is 0 Å². The Balaban J connectivity index is 1.67. The van der Waals surface area contributed by atoms with E-state index in [1.54, 1.807) is 5.19 Å². The first-order chi connectivity index (χ1) is 9.95. The van der Waals surface area contributed by atoms with Gasteiger partial charge in [0.05, 0.1) is 8.07 Å². The lowest BCUT2D eigenvalue weighted by molar-refractivity contribution is 0.211. The van der Waals surface area contributed by atoms with E-state index in [0.29, 0.717) is 0 Å². The van der Waals surface area contributed by atoms with E-state index in [0.717, 1.165) is 19.0 Å². The first kappa shape index (κ1) is 16.7. The van der Waals surface area contributed by atoms with Crippen LogP contribution in [-0.2, 0) is 6.54 Å². The highest BCUT2D eigenvalue weighted by Crippen LogP contribution is 2.18. The van der Waals surface area contributed by atoms with Crippen LogP contribution in [0.5, 0.6) is 0 Å². The second-order valence-electron chi connectivity index (χ2n) is 7.66. The minimum Gasteiger partial charge on any atom is -0.313 e. The summed E-state index contributed by atoms with van der Waals surface area (Å²) in [5, 5.41) is 5.17. The molecule has 0 spiro atoms. The maximum absolute atomic E-state index is 3.62. The number of likely N-dealkylation sites (tertiary alicyclic amines) is 1. The fourth-order valence-electron chi connectivity index (χ4n) is 3.01. The molecular formula is C18H32N2Si. The molecule has 1 heterocycles. The molecule has 0 radical (unpaired) electrons. The SMILES string of the molecule is CN1CCC(CCNCc2ccc([Si](C)(C)C)cc2)CC1. The van der Waals surface area contributed by atoms with E-state index in [9.17, 15) is 0 Å². The van der Waals surface area contributed by atoms with Crippen molar-refractivity contribution >= 4 is 13.3 Å². The summed E-state index contributed by atoms with van der Waals surface area (Å²) in [6.07, 6.45) is 4.09. The van der Waals surface area contributed by atoms with Crippen molar-refractivity contribution in [2.75, 3.05) is 26.7 Å². The second kappa shape index (κ2) is 7.57. The van der Waals surface area contributed by atoms with Crippen LogP contribution >= 0.6 is 0 Å². The molecule has 2 rings (SSSR count). The van der Waals surface area contributed by atoms with Gasteiger partial charge < -0.3 is 10.2 Å². The molecule has 1 saturated heterocycles. The zero-order valence-electron chi connectivity index (χ0n) is 14.3. The number of hydrogen-bond donors (Lipinski definition) is 1. The topological polar surface area (TPSA) is 15.3 Å². The fraction of sp³-hybridized carbons (Fsp3) is 0.667. The Morgan fingerprint density at radius 3 is 2.29 bits per heavy atom. The molecule has 0 atom stereocenters. The molecule has 1 aliphatic heterocycles. The Kier molecular flexibility index (Phi) is 6.03. The molecule has 1 aromatic rings. The molecule has 1 aliphatic rings. The van der Waals surface area contributed by atoms with Crippen LogP contribution in [0.25, 0.3) is 0 Å². The van der Waals surface area contributed by atoms with Crippen molar-refractivity contribution in [3.63, 3.8) is 0 Å². The molecule has 0 unspecified atom stereocenters. The molecule has 1 aromatic carbocycles. The molecule has 2 nitrogen and oxygen atoms in total. The summed E-state index contributed by atoms with van der Waals surface area (Å²) < 4.78 is 0. The Morgan fingerprint density at radius 1 is 1.10 bits per heavy atom. The van der Waals surface area contributed by atoms with Crippen LogP contribution in [0.1, 0.15) is 24.8 Å². The van der Waals surface area contributed by atoms with E-state index in [4.69, 9.17) is 0 Å². The first-order valence-electron chi connectivity index (χ1n) is 8.44. The Morgan fingerprint density at radius 2 is 1.71 bits per heavy atom. The highest BCUT2D eigenvalue weighted by molar-refractivity contribution is 6.88. The van der Waals surface area contributed by atoms with Gasteiger partial charge in [-0.1, -0.05) is 49.1 Å². The molecule has 1 N–H and O–H groups in total. The summed E-state index contributed by atoms with van der Waals surface area (Å²) in [6.45, 7) is 11.9. The van der Waals surface area contributed by atoms with Crippen molar-refractivity contribution in [2.24, 2.45) is 5.92 Å². The number of nitrogens with one attached hydrogen (secondary N) is 1. The number of hydrogen-bond acceptors (Lipinski definition) is 2. The van der Waals surface area contributed by atoms with Crippen molar-refractivity contribution in [2.45, 2.75) is 45.4 Å². The number of rotatable bonds is 6. The van der Waals surface area contributed by atoms with Crippen LogP contribution in [-0.4, -0.2) is 39.7 Å². The summed E-state index contributed by atoms with van der Waals surface area (Å²) in [5.41, 5.74) is 1.42. The number of benzene rings is 1. The van der Waals surface area contributed by atoms with Crippen LogP contribution in [0.4, 0.5) is 0 Å². The zero-order valence-corrected chi connectivity index (χ0v) is 15.3. The third-order valence-electron chi connectivity index (χ3n) is 4.72. The van der Waals surface area contributed by atoms with Gasteiger partial charge in [-0.15, -0.1) is 0 Å². The van der Waals surface area contributed by atoms with E-state index >= 15 is 0 Å². The van der Waals surface area contributed by atoms with E-state index in [1.165, 1.54) is 37.9 Å². The maximum Gasteiger partial charge on any atom is 0.0775 e. The van der Waals surface area contributed by atoms with Crippen LogP contribution in [0.3, 0.4) is 0 Å². The largest absolute Gasteiger partial charge is 0.313 e. The number of nitrogens with zero attached hydrogens (tertiary/aromatic N) is 1. The van der Waals surface area contributed by atoms with Gasteiger partial charge in [0.2, 0.25) is 0 Å². The smallest absolute Gasteiger partial charge is 0.0775 e. The van der Waals surface area contributed by atoms with Crippen LogP contribution in [0.2, 0.25) is 19.6 Å². The van der Waals surface area contributed by atoms with Crippen molar-refractivity contribution < 1.29 is 0 Å². The maximum atomic E-state index is 3.62. The van der Waals surface area contributed by atoms with Gasteiger partial charge in [-0.3, -0.25) is 0 Å². The summed E-state index contributed by atoms with van der Waals surface area (Å²) in [6, 6.07) is 9.27. The molecule has 0 saturated carbocycles. The predicted octanol–water partition coefficient (Wildman–Crippen LogP) is 3.05. The monoisotopic (exact) mass is 304 g/mol. The Hall–Kier alpha value is -0.643. The quantitative estimate of drug-likeness (QED) is 0.642. The van der Waals surface area contributed by atoms with Gasteiger partial charge in [0.15, 0.2) is 0 Å². The second-order valence-corrected chi connectivity index (χ2v) is 12.7.